The maximum atomic E-state index is 12.3. The molecule has 0 atom stereocenters. The zero-order chi connectivity index (χ0) is 23.2. The lowest BCUT2D eigenvalue weighted by Crippen LogP contribution is -2.33. The second-order valence-electron chi connectivity index (χ2n) is 6.64. The average Bonchev–Trinajstić information content (AvgIpc) is 2.71. The molecule has 0 aliphatic rings. The summed E-state index contributed by atoms with van der Waals surface area (Å²) in [4.78, 5) is 35.8. The molecule has 11 heteroatoms. The molecule has 10 nitrogen and oxygen atoms in total. The number of nitrogens with zero attached hydrogens (tertiary/aromatic N) is 1. The van der Waals surface area contributed by atoms with E-state index in [2.05, 4.69) is 16.0 Å². The van der Waals surface area contributed by atoms with Crippen molar-refractivity contribution >= 4 is 39.1 Å². The highest BCUT2D eigenvalue weighted by Gasteiger charge is 2.19. The fourth-order valence-corrected chi connectivity index (χ4v) is 3.50. The van der Waals surface area contributed by atoms with E-state index in [9.17, 15) is 22.8 Å². The van der Waals surface area contributed by atoms with Crippen LogP contribution in [0.3, 0.4) is 0 Å². The highest BCUT2D eigenvalue weighted by Crippen LogP contribution is 2.27. The van der Waals surface area contributed by atoms with Gasteiger partial charge in [-0.1, -0.05) is 6.07 Å². The molecule has 0 radical (unpaired) electrons. The predicted octanol–water partition coefficient (Wildman–Crippen LogP) is 1.27. The summed E-state index contributed by atoms with van der Waals surface area (Å²) in [5.74, 6) is -0.981. The summed E-state index contributed by atoms with van der Waals surface area (Å²) in [5, 5.41) is 7.64. The number of anilines is 2. The largest absolute Gasteiger partial charge is 0.495 e. The Kier molecular flexibility index (Phi) is 7.72. The molecular formula is C20H24N4O6S. The number of carbonyl (C=O) groups excluding carboxylic acids is 3. The van der Waals surface area contributed by atoms with E-state index >= 15 is 0 Å². The van der Waals surface area contributed by atoms with Crippen LogP contribution in [0.25, 0.3) is 0 Å². The van der Waals surface area contributed by atoms with Gasteiger partial charge in [-0.15, -0.1) is 0 Å². The standard InChI is InChI=1S/C20H24N4O6S/c1-13(25)22-17-11-15(8-9-18(17)30-4)23-19(26)12-21-20(27)14-6-5-7-16(10-14)31(28,29)24(2)3/h5-11H,12H2,1-4H3,(H,21,27)(H,22,25)(H,23,26). The topological polar surface area (TPSA) is 134 Å². The highest BCUT2D eigenvalue weighted by atomic mass is 32.2. The summed E-state index contributed by atoms with van der Waals surface area (Å²) in [6.45, 7) is 1.00. The minimum atomic E-state index is -3.69. The van der Waals surface area contributed by atoms with Gasteiger partial charge < -0.3 is 20.7 Å². The monoisotopic (exact) mass is 448 g/mol. The van der Waals surface area contributed by atoms with Crippen molar-refractivity contribution in [2.75, 3.05) is 38.4 Å². The van der Waals surface area contributed by atoms with E-state index in [0.29, 0.717) is 17.1 Å². The lowest BCUT2D eigenvalue weighted by atomic mass is 10.2. The van der Waals surface area contributed by atoms with Gasteiger partial charge in [0.05, 0.1) is 24.2 Å². The van der Waals surface area contributed by atoms with Gasteiger partial charge in [-0.05, 0) is 36.4 Å². The molecule has 0 bridgehead atoms. The van der Waals surface area contributed by atoms with Crippen molar-refractivity contribution < 1.29 is 27.5 Å². The minimum Gasteiger partial charge on any atom is -0.495 e. The number of rotatable bonds is 8. The molecule has 0 unspecified atom stereocenters. The molecule has 2 aromatic carbocycles. The summed E-state index contributed by atoms with van der Waals surface area (Å²) in [5.41, 5.74) is 0.881. The number of methoxy groups -OCH3 is 1. The maximum absolute atomic E-state index is 12.3. The Balaban J connectivity index is 2.04. The Morgan fingerprint density at radius 2 is 1.74 bits per heavy atom. The molecule has 0 aliphatic heterocycles. The number of amides is 3. The first kappa shape index (κ1) is 23.8. The van der Waals surface area contributed by atoms with Gasteiger partial charge in [0, 0.05) is 32.3 Å². The van der Waals surface area contributed by atoms with Gasteiger partial charge in [-0.2, -0.15) is 0 Å². The lowest BCUT2D eigenvalue weighted by molar-refractivity contribution is -0.115. The zero-order valence-corrected chi connectivity index (χ0v) is 18.4. The minimum absolute atomic E-state index is 0.0293. The first-order valence-corrected chi connectivity index (χ1v) is 10.5. The van der Waals surface area contributed by atoms with Crippen LogP contribution in [0.5, 0.6) is 5.75 Å². The molecule has 0 spiro atoms. The van der Waals surface area contributed by atoms with Gasteiger partial charge in [0.15, 0.2) is 0 Å². The molecule has 3 amide bonds. The Morgan fingerprint density at radius 3 is 2.35 bits per heavy atom. The number of hydrogen-bond donors (Lipinski definition) is 3. The molecule has 0 fully saturated rings. The van der Waals surface area contributed by atoms with Crippen LogP contribution in [0.2, 0.25) is 0 Å². The van der Waals surface area contributed by atoms with Gasteiger partial charge in [-0.3, -0.25) is 14.4 Å². The molecule has 0 heterocycles. The van der Waals surface area contributed by atoms with E-state index in [0.717, 1.165) is 4.31 Å². The highest BCUT2D eigenvalue weighted by molar-refractivity contribution is 7.89. The summed E-state index contributed by atoms with van der Waals surface area (Å²) in [6.07, 6.45) is 0. The van der Waals surface area contributed by atoms with E-state index in [1.807, 2.05) is 0 Å². The summed E-state index contributed by atoms with van der Waals surface area (Å²) in [6, 6.07) is 10.2. The summed E-state index contributed by atoms with van der Waals surface area (Å²) >= 11 is 0. The van der Waals surface area contributed by atoms with E-state index in [1.165, 1.54) is 58.5 Å². The van der Waals surface area contributed by atoms with Gasteiger partial charge >= 0.3 is 0 Å². The lowest BCUT2D eigenvalue weighted by Gasteiger charge is -2.13. The van der Waals surface area contributed by atoms with E-state index in [-0.39, 0.29) is 22.9 Å². The number of hydrogen-bond acceptors (Lipinski definition) is 6. The first-order valence-electron chi connectivity index (χ1n) is 9.11. The molecular weight excluding hydrogens is 424 g/mol. The van der Waals surface area contributed by atoms with Crippen LogP contribution in [-0.2, 0) is 19.6 Å². The van der Waals surface area contributed by atoms with Crippen molar-refractivity contribution in [3.8, 4) is 5.75 Å². The van der Waals surface area contributed by atoms with Crippen molar-refractivity contribution in [2.45, 2.75) is 11.8 Å². The third kappa shape index (κ3) is 6.27. The van der Waals surface area contributed by atoms with Crippen LogP contribution < -0.4 is 20.7 Å². The van der Waals surface area contributed by atoms with E-state index < -0.39 is 21.8 Å². The molecule has 0 saturated heterocycles. The Morgan fingerprint density at radius 1 is 1.03 bits per heavy atom. The Labute approximate surface area is 180 Å². The van der Waals surface area contributed by atoms with Crippen molar-refractivity contribution in [1.82, 2.24) is 9.62 Å². The number of sulfonamides is 1. The van der Waals surface area contributed by atoms with Crippen molar-refractivity contribution in [2.24, 2.45) is 0 Å². The van der Waals surface area contributed by atoms with Crippen molar-refractivity contribution in [1.29, 1.82) is 0 Å². The van der Waals surface area contributed by atoms with Crippen LogP contribution in [0.15, 0.2) is 47.4 Å². The fourth-order valence-electron chi connectivity index (χ4n) is 2.55. The van der Waals surface area contributed by atoms with Gasteiger partial charge in [0.2, 0.25) is 21.8 Å². The molecule has 3 N–H and O–H groups in total. The number of carbonyl (C=O) groups is 3. The van der Waals surface area contributed by atoms with E-state index in [1.54, 1.807) is 12.1 Å². The smallest absolute Gasteiger partial charge is 0.251 e. The normalized spacial score (nSPS) is 11.0. The SMILES string of the molecule is COc1ccc(NC(=O)CNC(=O)c2cccc(S(=O)(=O)N(C)C)c2)cc1NC(C)=O. The van der Waals surface area contributed by atoms with Gasteiger partial charge in [0.1, 0.15) is 5.75 Å². The third-order valence-electron chi connectivity index (χ3n) is 4.08. The van der Waals surface area contributed by atoms with Crippen molar-refractivity contribution in [3.63, 3.8) is 0 Å². The summed E-state index contributed by atoms with van der Waals surface area (Å²) < 4.78 is 30.6. The Hall–Kier alpha value is -3.44. The molecule has 0 aromatic heterocycles. The first-order chi connectivity index (χ1) is 14.5. The van der Waals surface area contributed by atoms with Gasteiger partial charge in [0.25, 0.3) is 5.91 Å². The quantitative estimate of drug-likeness (QED) is 0.557. The van der Waals surface area contributed by atoms with Crippen LogP contribution in [-0.4, -0.2) is 58.2 Å². The molecule has 2 rings (SSSR count). The number of ether oxygens (including phenoxy) is 1. The van der Waals surface area contributed by atoms with E-state index in [4.69, 9.17) is 4.74 Å². The number of benzene rings is 2. The molecule has 2 aromatic rings. The number of nitrogens with one attached hydrogen (secondary N) is 3. The molecule has 166 valence electrons. The average molecular weight is 449 g/mol. The fraction of sp³-hybridized carbons (Fsp3) is 0.250. The van der Waals surface area contributed by atoms with Gasteiger partial charge in [-0.25, -0.2) is 12.7 Å². The maximum Gasteiger partial charge on any atom is 0.251 e. The van der Waals surface area contributed by atoms with Crippen LogP contribution >= 0.6 is 0 Å². The summed E-state index contributed by atoms with van der Waals surface area (Å²) in [7, 11) is 0.546. The molecule has 0 saturated carbocycles. The van der Waals surface area contributed by atoms with Crippen LogP contribution in [0.4, 0.5) is 11.4 Å². The second-order valence-corrected chi connectivity index (χ2v) is 8.79. The predicted molar refractivity (Wildman–Crippen MR) is 116 cm³/mol. The molecule has 31 heavy (non-hydrogen) atoms. The zero-order valence-electron chi connectivity index (χ0n) is 17.6. The molecule has 0 aliphatic carbocycles. The van der Waals surface area contributed by atoms with Crippen LogP contribution in [0.1, 0.15) is 17.3 Å². The Bertz CT molecular complexity index is 1100. The van der Waals surface area contributed by atoms with Crippen molar-refractivity contribution in [3.05, 3.63) is 48.0 Å². The second kappa shape index (κ2) is 10.0. The van der Waals surface area contributed by atoms with Crippen LogP contribution in [0, 0.1) is 0 Å². The third-order valence-corrected chi connectivity index (χ3v) is 5.89.